The van der Waals surface area contributed by atoms with Crippen molar-refractivity contribution < 1.29 is 27.4 Å². The number of carbonyl (C=O) groups excluding carboxylic acids is 1. The summed E-state index contributed by atoms with van der Waals surface area (Å²) in [4.78, 5) is 18.5. The predicted octanol–water partition coefficient (Wildman–Crippen LogP) is 3.22. The van der Waals surface area contributed by atoms with Gasteiger partial charge in [0.25, 0.3) is 5.91 Å². The van der Waals surface area contributed by atoms with E-state index in [2.05, 4.69) is 10.3 Å². The van der Waals surface area contributed by atoms with E-state index in [1.165, 1.54) is 12.3 Å². The van der Waals surface area contributed by atoms with Gasteiger partial charge in [0.05, 0.1) is 18.9 Å². The molecule has 9 heteroatoms. The maximum Gasteiger partial charge on any atom is 0.254 e. The van der Waals surface area contributed by atoms with Gasteiger partial charge >= 0.3 is 0 Å². The van der Waals surface area contributed by atoms with Crippen LogP contribution in [0.15, 0.2) is 30.5 Å². The molecule has 1 amide bonds. The van der Waals surface area contributed by atoms with Crippen molar-refractivity contribution in [3.63, 3.8) is 0 Å². The molecule has 1 aromatic heterocycles. The van der Waals surface area contributed by atoms with Crippen molar-refractivity contribution in [1.29, 1.82) is 0 Å². The fourth-order valence-corrected chi connectivity index (χ4v) is 3.41. The maximum atomic E-state index is 13.8. The van der Waals surface area contributed by atoms with Gasteiger partial charge < -0.3 is 19.7 Å². The van der Waals surface area contributed by atoms with Crippen LogP contribution < -0.4 is 5.32 Å². The maximum absolute atomic E-state index is 13.8. The quantitative estimate of drug-likeness (QED) is 0.812. The van der Waals surface area contributed by atoms with E-state index in [0.29, 0.717) is 44.7 Å². The third-order valence-corrected chi connectivity index (χ3v) is 4.93. The molecule has 148 valence electrons. The summed E-state index contributed by atoms with van der Waals surface area (Å²) in [5, 5.41) is 2.57. The lowest BCUT2D eigenvalue weighted by Crippen LogP contribution is -2.47. The van der Waals surface area contributed by atoms with Crippen molar-refractivity contribution >= 4 is 17.4 Å². The summed E-state index contributed by atoms with van der Waals surface area (Å²) in [5.74, 6) is -4.84. The number of aromatic nitrogens is 1. The average molecular weight is 393 g/mol. The van der Waals surface area contributed by atoms with E-state index in [1.807, 2.05) is 0 Å². The van der Waals surface area contributed by atoms with E-state index in [-0.39, 0.29) is 17.4 Å². The number of benzene rings is 1. The molecule has 4 rings (SSSR count). The lowest BCUT2D eigenvalue weighted by atomic mass is 10.0. The standard InChI is InChI=1S/C19H18F3N3O3/c20-13-1-2-14(17(22)16(13)21)24-15-11-12(3-6-23-15)18(26)25-7-4-19(5-8-25)27-9-10-28-19/h1-3,6,11H,4-5,7-10H2,(H,23,24). The Hall–Kier alpha value is -2.65. The molecular formula is C19H18F3N3O3. The first kappa shape index (κ1) is 18.7. The van der Waals surface area contributed by atoms with Crippen LogP contribution in [0.25, 0.3) is 0 Å². The summed E-state index contributed by atoms with van der Waals surface area (Å²) < 4.78 is 51.6. The Balaban J connectivity index is 1.46. The predicted molar refractivity (Wildman–Crippen MR) is 93.6 cm³/mol. The molecule has 1 aromatic carbocycles. The molecule has 1 spiro atoms. The Morgan fingerprint density at radius 1 is 1.07 bits per heavy atom. The lowest BCUT2D eigenvalue weighted by Gasteiger charge is -2.37. The Morgan fingerprint density at radius 3 is 2.50 bits per heavy atom. The van der Waals surface area contributed by atoms with Gasteiger partial charge in [-0.1, -0.05) is 0 Å². The normalized spacial score (nSPS) is 18.5. The summed E-state index contributed by atoms with van der Waals surface area (Å²) in [6, 6.07) is 4.86. The van der Waals surface area contributed by atoms with Gasteiger partial charge in [-0.3, -0.25) is 4.79 Å². The number of amides is 1. The molecule has 0 atom stereocenters. The number of nitrogens with zero attached hydrogens (tertiary/aromatic N) is 2. The Kier molecular flexibility index (Phi) is 4.94. The van der Waals surface area contributed by atoms with Crippen LogP contribution in [0.4, 0.5) is 24.7 Å². The van der Waals surface area contributed by atoms with E-state index >= 15 is 0 Å². The van der Waals surface area contributed by atoms with Gasteiger partial charge in [-0.25, -0.2) is 18.2 Å². The summed E-state index contributed by atoms with van der Waals surface area (Å²) >= 11 is 0. The Labute approximate surface area is 159 Å². The van der Waals surface area contributed by atoms with Crippen molar-refractivity contribution in [3.8, 4) is 0 Å². The number of hydrogen-bond acceptors (Lipinski definition) is 5. The van der Waals surface area contributed by atoms with Crippen LogP contribution in [0.3, 0.4) is 0 Å². The minimum Gasteiger partial charge on any atom is -0.347 e. The number of ether oxygens (including phenoxy) is 2. The molecule has 0 unspecified atom stereocenters. The van der Waals surface area contributed by atoms with Crippen LogP contribution in [0.5, 0.6) is 0 Å². The molecule has 6 nitrogen and oxygen atoms in total. The minimum atomic E-state index is -1.57. The molecule has 3 heterocycles. The number of piperidine rings is 1. The molecule has 0 bridgehead atoms. The number of hydrogen-bond donors (Lipinski definition) is 1. The van der Waals surface area contributed by atoms with Crippen molar-refractivity contribution in [3.05, 3.63) is 53.5 Å². The highest BCUT2D eigenvalue weighted by atomic mass is 19.2. The van der Waals surface area contributed by atoms with Gasteiger partial charge in [0.1, 0.15) is 5.82 Å². The van der Waals surface area contributed by atoms with Crippen LogP contribution >= 0.6 is 0 Å². The molecule has 2 aliphatic rings. The zero-order valence-corrected chi connectivity index (χ0v) is 14.9. The fourth-order valence-electron chi connectivity index (χ4n) is 3.41. The zero-order chi connectivity index (χ0) is 19.7. The monoisotopic (exact) mass is 393 g/mol. The van der Waals surface area contributed by atoms with Gasteiger partial charge in [0.15, 0.2) is 23.2 Å². The first-order valence-electron chi connectivity index (χ1n) is 8.91. The average Bonchev–Trinajstić information content (AvgIpc) is 3.17. The zero-order valence-electron chi connectivity index (χ0n) is 14.9. The molecule has 1 N–H and O–H groups in total. The number of carbonyl (C=O) groups is 1. The topological polar surface area (TPSA) is 63.7 Å². The van der Waals surface area contributed by atoms with Crippen LogP contribution in [-0.4, -0.2) is 47.9 Å². The third kappa shape index (κ3) is 3.55. The largest absolute Gasteiger partial charge is 0.347 e. The number of anilines is 2. The molecule has 2 aromatic rings. The molecule has 0 saturated carbocycles. The minimum absolute atomic E-state index is 0.145. The number of pyridine rings is 1. The Bertz CT molecular complexity index is 893. The number of nitrogens with one attached hydrogen (secondary N) is 1. The lowest BCUT2D eigenvalue weighted by molar-refractivity contribution is -0.181. The summed E-state index contributed by atoms with van der Waals surface area (Å²) in [6.07, 6.45) is 2.58. The molecule has 2 aliphatic heterocycles. The molecule has 2 fully saturated rings. The molecule has 0 radical (unpaired) electrons. The number of likely N-dealkylation sites (tertiary alicyclic amines) is 1. The highest BCUT2D eigenvalue weighted by Crippen LogP contribution is 2.32. The number of rotatable bonds is 3. The van der Waals surface area contributed by atoms with Crippen LogP contribution in [0.2, 0.25) is 0 Å². The van der Waals surface area contributed by atoms with E-state index in [4.69, 9.17) is 9.47 Å². The summed E-state index contributed by atoms with van der Waals surface area (Å²) in [5.41, 5.74) is 0.0798. The second-order valence-electron chi connectivity index (χ2n) is 6.68. The Morgan fingerprint density at radius 2 is 1.79 bits per heavy atom. The van der Waals surface area contributed by atoms with Crippen molar-refractivity contribution in [2.75, 3.05) is 31.6 Å². The summed E-state index contributed by atoms with van der Waals surface area (Å²) in [6.45, 7) is 2.10. The SMILES string of the molecule is O=C(c1ccnc(Nc2ccc(F)c(F)c2F)c1)N1CCC2(CC1)OCCO2. The fraction of sp³-hybridized carbons (Fsp3) is 0.368. The first-order chi connectivity index (χ1) is 13.5. The van der Waals surface area contributed by atoms with Crippen molar-refractivity contribution in [1.82, 2.24) is 9.88 Å². The highest BCUT2D eigenvalue weighted by Gasteiger charge is 2.40. The van der Waals surface area contributed by atoms with E-state index in [1.54, 1.807) is 11.0 Å². The highest BCUT2D eigenvalue weighted by molar-refractivity contribution is 5.95. The van der Waals surface area contributed by atoms with E-state index in [0.717, 1.165) is 12.1 Å². The van der Waals surface area contributed by atoms with Crippen LogP contribution in [-0.2, 0) is 9.47 Å². The smallest absolute Gasteiger partial charge is 0.254 e. The van der Waals surface area contributed by atoms with Gasteiger partial charge in [0, 0.05) is 37.7 Å². The third-order valence-electron chi connectivity index (χ3n) is 4.93. The molecule has 28 heavy (non-hydrogen) atoms. The first-order valence-corrected chi connectivity index (χ1v) is 8.91. The van der Waals surface area contributed by atoms with Crippen LogP contribution in [0.1, 0.15) is 23.2 Å². The van der Waals surface area contributed by atoms with Gasteiger partial charge in [-0.15, -0.1) is 0 Å². The van der Waals surface area contributed by atoms with Gasteiger partial charge in [-0.2, -0.15) is 0 Å². The van der Waals surface area contributed by atoms with E-state index < -0.39 is 23.2 Å². The van der Waals surface area contributed by atoms with Gasteiger partial charge in [-0.05, 0) is 24.3 Å². The number of halogens is 3. The molecule has 2 saturated heterocycles. The second kappa shape index (κ2) is 7.40. The van der Waals surface area contributed by atoms with Crippen molar-refractivity contribution in [2.24, 2.45) is 0 Å². The molecule has 0 aliphatic carbocycles. The second-order valence-corrected chi connectivity index (χ2v) is 6.68. The van der Waals surface area contributed by atoms with Crippen molar-refractivity contribution in [2.45, 2.75) is 18.6 Å². The van der Waals surface area contributed by atoms with Crippen LogP contribution in [0, 0.1) is 17.5 Å². The summed E-state index contributed by atoms with van der Waals surface area (Å²) in [7, 11) is 0. The molecular weight excluding hydrogens is 375 g/mol. The van der Waals surface area contributed by atoms with Gasteiger partial charge in [0.2, 0.25) is 0 Å². The van der Waals surface area contributed by atoms with E-state index in [9.17, 15) is 18.0 Å².